The van der Waals surface area contributed by atoms with Crippen LogP contribution >= 0.6 is 11.3 Å². The van der Waals surface area contributed by atoms with Crippen LogP contribution in [0.25, 0.3) is 0 Å². The number of nitrogens with one attached hydrogen (secondary N) is 2. The lowest BCUT2D eigenvalue weighted by atomic mass is 10.2. The van der Waals surface area contributed by atoms with Gasteiger partial charge in [-0.05, 0) is 36.7 Å². The fourth-order valence-electron chi connectivity index (χ4n) is 1.58. The summed E-state index contributed by atoms with van der Waals surface area (Å²) >= 11 is 1.39. The molecule has 0 aliphatic carbocycles. The second kappa shape index (κ2) is 5.68. The zero-order chi connectivity index (χ0) is 13.9. The van der Waals surface area contributed by atoms with Crippen molar-refractivity contribution in [3.05, 3.63) is 46.4 Å². The van der Waals surface area contributed by atoms with E-state index in [0.717, 1.165) is 6.07 Å². The van der Waals surface area contributed by atoms with Gasteiger partial charge in [-0.25, -0.2) is 12.8 Å². The lowest BCUT2D eigenvalue weighted by Gasteiger charge is -2.09. The van der Waals surface area contributed by atoms with Crippen molar-refractivity contribution in [2.75, 3.05) is 11.8 Å². The first-order chi connectivity index (χ1) is 9.03. The molecule has 4 nitrogen and oxygen atoms in total. The molecule has 0 amide bonds. The Labute approximate surface area is 115 Å². The molecule has 1 aromatic carbocycles. The number of benzene rings is 1. The predicted molar refractivity (Wildman–Crippen MR) is 74.3 cm³/mol. The third kappa shape index (κ3) is 3.31. The molecule has 0 bridgehead atoms. The average molecular weight is 300 g/mol. The van der Waals surface area contributed by atoms with Crippen LogP contribution in [0, 0.1) is 5.82 Å². The van der Waals surface area contributed by atoms with Crippen LogP contribution in [0.4, 0.5) is 10.1 Å². The monoisotopic (exact) mass is 300 g/mol. The van der Waals surface area contributed by atoms with Gasteiger partial charge in [0, 0.05) is 17.5 Å². The standard InChI is InChI=1S/C12H13FN2O2S2/c1-14-7-9-6-11(2-3-12(9)13)19(16,17)15-10-4-5-18-8-10/h2-6,8,14-15H,7H2,1H3. The molecular formula is C12H13FN2O2S2. The van der Waals surface area contributed by atoms with E-state index in [4.69, 9.17) is 0 Å². The molecule has 2 aromatic rings. The minimum atomic E-state index is -3.68. The first-order valence-electron chi connectivity index (χ1n) is 5.51. The normalized spacial score (nSPS) is 11.5. The topological polar surface area (TPSA) is 58.2 Å². The van der Waals surface area contributed by atoms with Crippen molar-refractivity contribution in [3.63, 3.8) is 0 Å². The molecular weight excluding hydrogens is 287 g/mol. The number of hydrogen-bond acceptors (Lipinski definition) is 4. The molecule has 0 atom stereocenters. The highest BCUT2D eigenvalue weighted by Gasteiger charge is 2.16. The summed E-state index contributed by atoms with van der Waals surface area (Å²) in [5.41, 5.74) is 0.820. The first-order valence-corrected chi connectivity index (χ1v) is 7.93. The number of hydrogen-bond donors (Lipinski definition) is 2. The number of rotatable bonds is 5. The number of thiophene rings is 1. The maximum atomic E-state index is 13.5. The first kappa shape index (κ1) is 14.0. The van der Waals surface area contributed by atoms with Gasteiger partial charge in [-0.15, -0.1) is 0 Å². The van der Waals surface area contributed by atoms with E-state index < -0.39 is 15.8 Å². The third-order valence-electron chi connectivity index (χ3n) is 2.47. The maximum absolute atomic E-state index is 13.5. The predicted octanol–water partition coefficient (Wildman–Crippen LogP) is 2.41. The van der Waals surface area contributed by atoms with Gasteiger partial charge < -0.3 is 5.32 Å². The Balaban J connectivity index is 2.32. The van der Waals surface area contributed by atoms with Crippen molar-refractivity contribution in [1.82, 2.24) is 5.32 Å². The summed E-state index contributed by atoms with van der Waals surface area (Å²) < 4.78 is 40.1. The summed E-state index contributed by atoms with van der Waals surface area (Å²) in [5, 5.41) is 6.26. The second-order valence-corrected chi connectivity index (χ2v) is 6.36. The van der Waals surface area contributed by atoms with Crippen molar-refractivity contribution in [1.29, 1.82) is 0 Å². The highest BCUT2D eigenvalue weighted by Crippen LogP contribution is 2.20. The second-order valence-electron chi connectivity index (χ2n) is 3.90. The lowest BCUT2D eigenvalue weighted by Crippen LogP contribution is -2.14. The van der Waals surface area contributed by atoms with Crippen LogP contribution in [-0.4, -0.2) is 15.5 Å². The van der Waals surface area contributed by atoms with E-state index in [0.29, 0.717) is 11.3 Å². The summed E-state index contributed by atoms with van der Waals surface area (Å²) in [6, 6.07) is 5.42. The van der Waals surface area contributed by atoms with Gasteiger partial charge >= 0.3 is 0 Å². The fourth-order valence-corrected chi connectivity index (χ4v) is 3.34. The third-order valence-corrected chi connectivity index (χ3v) is 4.53. The van der Waals surface area contributed by atoms with Crippen molar-refractivity contribution < 1.29 is 12.8 Å². The van der Waals surface area contributed by atoms with Gasteiger partial charge in [-0.3, -0.25) is 4.72 Å². The molecule has 102 valence electrons. The molecule has 0 saturated carbocycles. The van der Waals surface area contributed by atoms with E-state index in [9.17, 15) is 12.8 Å². The molecule has 0 spiro atoms. The molecule has 0 unspecified atom stereocenters. The van der Waals surface area contributed by atoms with Crippen LogP contribution in [0.1, 0.15) is 5.56 Å². The molecule has 1 aromatic heterocycles. The fraction of sp³-hybridized carbons (Fsp3) is 0.167. The molecule has 0 aliphatic heterocycles. The molecule has 2 N–H and O–H groups in total. The Morgan fingerprint density at radius 2 is 2.11 bits per heavy atom. The molecule has 19 heavy (non-hydrogen) atoms. The minimum Gasteiger partial charge on any atom is -0.316 e. The van der Waals surface area contributed by atoms with Crippen molar-refractivity contribution in [2.45, 2.75) is 11.4 Å². The van der Waals surface area contributed by atoms with E-state index in [-0.39, 0.29) is 11.4 Å². The Kier molecular flexibility index (Phi) is 4.18. The van der Waals surface area contributed by atoms with E-state index in [1.165, 1.54) is 23.5 Å². The van der Waals surface area contributed by atoms with E-state index in [1.807, 2.05) is 0 Å². The van der Waals surface area contributed by atoms with E-state index in [1.54, 1.807) is 23.9 Å². The number of anilines is 1. The van der Waals surface area contributed by atoms with Crippen molar-refractivity contribution in [3.8, 4) is 0 Å². The SMILES string of the molecule is CNCc1cc(S(=O)(=O)Nc2ccsc2)ccc1F. The van der Waals surface area contributed by atoms with Crippen LogP contribution in [0.5, 0.6) is 0 Å². The molecule has 0 fully saturated rings. The van der Waals surface area contributed by atoms with Gasteiger partial charge in [0.1, 0.15) is 5.82 Å². The maximum Gasteiger partial charge on any atom is 0.261 e. The van der Waals surface area contributed by atoms with E-state index in [2.05, 4.69) is 10.0 Å². The Morgan fingerprint density at radius 3 is 2.74 bits per heavy atom. The van der Waals surface area contributed by atoms with Crippen LogP contribution in [0.15, 0.2) is 39.9 Å². The smallest absolute Gasteiger partial charge is 0.261 e. The Hall–Kier alpha value is -1.44. The molecule has 0 aliphatic rings. The van der Waals surface area contributed by atoms with Crippen LogP contribution in [-0.2, 0) is 16.6 Å². The number of sulfonamides is 1. The molecule has 7 heteroatoms. The van der Waals surface area contributed by atoms with Gasteiger partial charge in [0.15, 0.2) is 0 Å². The van der Waals surface area contributed by atoms with Gasteiger partial charge in [0.05, 0.1) is 10.6 Å². The molecule has 2 rings (SSSR count). The highest BCUT2D eigenvalue weighted by atomic mass is 32.2. The van der Waals surface area contributed by atoms with Crippen molar-refractivity contribution in [2.24, 2.45) is 0 Å². The lowest BCUT2D eigenvalue weighted by molar-refractivity contribution is 0.592. The highest BCUT2D eigenvalue weighted by molar-refractivity contribution is 7.92. The molecule has 0 saturated heterocycles. The largest absolute Gasteiger partial charge is 0.316 e. The van der Waals surface area contributed by atoms with Crippen LogP contribution in [0.2, 0.25) is 0 Å². The summed E-state index contributed by atoms with van der Waals surface area (Å²) in [5.74, 6) is -0.427. The summed E-state index contributed by atoms with van der Waals surface area (Å²) in [4.78, 5) is 0.0466. The summed E-state index contributed by atoms with van der Waals surface area (Å²) in [6.07, 6.45) is 0. The van der Waals surface area contributed by atoms with Crippen LogP contribution < -0.4 is 10.0 Å². The summed E-state index contributed by atoms with van der Waals surface area (Å²) in [6.45, 7) is 0.271. The minimum absolute atomic E-state index is 0.0466. The van der Waals surface area contributed by atoms with Gasteiger partial charge in [-0.2, -0.15) is 11.3 Å². The Bertz CT molecular complexity index is 654. The Morgan fingerprint density at radius 1 is 1.32 bits per heavy atom. The average Bonchev–Trinajstić information content (AvgIpc) is 2.84. The zero-order valence-corrected chi connectivity index (χ0v) is 11.8. The molecule has 1 heterocycles. The van der Waals surface area contributed by atoms with Crippen LogP contribution in [0.3, 0.4) is 0 Å². The quantitative estimate of drug-likeness (QED) is 0.891. The van der Waals surface area contributed by atoms with Gasteiger partial charge in [0.25, 0.3) is 10.0 Å². The zero-order valence-electron chi connectivity index (χ0n) is 10.2. The summed E-state index contributed by atoms with van der Waals surface area (Å²) in [7, 11) is -2.01. The molecule has 0 radical (unpaired) electrons. The van der Waals surface area contributed by atoms with Gasteiger partial charge in [0.2, 0.25) is 0 Å². The van der Waals surface area contributed by atoms with Gasteiger partial charge in [-0.1, -0.05) is 0 Å². The van der Waals surface area contributed by atoms with Crippen molar-refractivity contribution >= 4 is 27.0 Å². The number of halogens is 1. The van der Waals surface area contributed by atoms with E-state index >= 15 is 0 Å².